The van der Waals surface area contributed by atoms with Crippen LogP contribution < -0.4 is 5.32 Å². The van der Waals surface area contributed by atoms with Crippen LogP contribution in [-0.4, -0.2) is 17.1 Å². The molecule has 3 aromatic rings. The van der Waals surface area contributed by atoms with Crippen molar-refractivity contribution >= 4 is 29.1 Å². The second-order valence-electron chi connectivity index (χ2n) is 7.12. The zero-order valence-electron chi connectivity index (χ0n) is 16.1. The Hall–Kier alpha value is -2.49. The van der Waals surface area contributed by atoms with Crippen molar-refractivity contribution in [3.8, 4) is 5.75 Å². The van der Waals surface area contributed by atoms with Crippen LogP contribution in [0.4, 0.5) is 0 Å². The Balaban J connectivity index is 1.79. The topological polar surface area (TPSA) is 49.3 Å². The summed E-state index contributed by atoms with van der Waals surface area (Å²) in [5.41, 5.74) is 2.67. The van der Waals surface area contributed by atoms with Gasteiger partial charge in [-0.15, -0.1) is 0 Å². The maximum atomic E-state index is 12.8. The van der Waals surface area contributed by atoms with Crippen LogP contribution in [0.15, 0.2) is 72.8 Å². The number of hydrogen-bond acceptors (Lipinski definition) is 2. The Morgan fingerprint density at radius 1 is 0.966 bits per heavy atom. The number of hydrogen-bond donors (Lipinski definition) is 2. The van der Waals surface area contributed by atoms with Crippen molar-refractivity contribution in [2.24, 2.45) is 0 Å². The number of phenolic OH excluding ortho intramolecular Hbond substituents is 1. The van der Waals surface area contributed by atoms with Gasteiger partial charge in [-0.2, -0.15) is 0 Å². The third kappa shape index (κ3) is 5.53. The Bertz CT molecular complexity index is 961. The van der Waals surface area contributed by atoms with Gasteiger partial charge in [0.25, 0.3) is 0 Å². The molecule has 0 saturated carbocycles. The lowest BCUT2D eigenvalue weighted by Gasteiger charge is -2.21. The van der Waals surface area contributed by atoms with E-state index in [0.717, 1.165) is 12.0 Å². The molecule has 0 aliphatic rings. The maximum absolute atomic E-state index is 12.8. The fraction of sp³-hybridized carbons (Fsp3) is 0.208. The molecule has 0 radical (unpaired) electrons. The summed E-state index contributed by atoms with van der Waals surface area (Å²) >= 11 is 12.2. The SMILES string of the molecule is C[C@H](Cc1ccccc1)NC(=O)C[C@@H](c1ccccc1)c1ccc(Cl)c(Cl)c1O. The summed E-state index contributed by atoms with van der Waals surface area (Å²) in [7, 11) is 0. The molecular formula is C24H23Cl2NO2. The number of carbonyl (C=O) groups excluding carboxylic acids is 1. The van der Waals surface area contributed by atoms with Crippen LogP contribution in [0.1, 0.15) is 36.0 Å². The monoisotopic (exact) mass is 427 g/mol. The first-order chi connectivity index (χ1) is 14.0. The van der Waals surface area contributed by atoms with E-state index in [9.17, 15) is 9.90 Å². The van der Waals surface area contributed by atoms with Gasteiger partial charge in [-0.3, -0.25) is 4.79 Å². The normalized spacial score (nSPS) is 12.9. The summed E-state index contributed by atoms with van der Waals surface area (Å²) in [5, 5.41) is 14.0. The van der Waals surface area contributed by atoms with Crippen molar-refractivity contribution in [1.82, 2.24) is 5.32 Å². The fourth-order valence-corrected chi connectivity index (χ4v) is 3.79. The third-order valence-electron chi connectivity index (χ3n) is 4.86. The number of benzene rings is 3. The molecular weight excluding hydrogens is 405 g/mol. The molecule has 5 heteroatoms. The predicted octanol–water partition coefficient (Wildman–Crippen LogP) is 5.97. The first-order valence-electron chi connectivity index (χ1n) is 9.50. The zero-order chi connectivity index (χ0) is 20.8. The van der Waals surface area contributed by atoms with Crippen molar-refractivity contribution < 1.29 is 9.90 Å². The molecule has 1 amide bonds. The highest BCUT2D eigenvalue weighted by Gasteiger charge is 2.24. The van der Waals surface area contributed by atoms with Gasteiger partial charge in [-0.1, -0.05) is 89.9 Å². The van der Waals surface area contributed by atoms with Gasteiger partial charge in [0.1, 0.15) is 10.8 Å². The molecule has 150 valence electrons. The number of rotatable bonds is 7. The van der Waals surface area contributed by atoms with E-state index in [0.29, 0.717) is 5.56 Å². The molecule has 0 aromatic heterocycles. The fourth-order valence-electron chi connectivity index (χ4n) is 3.47. The Kier molecular flexibility index (Phi) is 7.18. The zero-order valence-corrected chi connectivity index (χ0v) is 17.6. The van der Waals surface area contributed by atoms with E-state index in [1.54, 1.807) is 12.1 Å². The molecule has 0 bridgehead atoms. The predicted molar refractivity (Wildman–Crippen MR) is 119 cm³/mol. The lowest BCUT2D eigenvalue weighted by Crippen LogP contribution is -2.35. The van der Waals surface area contributed by atoms with Crippen LogP contribution in [-0.2, 0) is 11.2 Å². The molecule has 2 atom stereocenters. The Labute approximate surface area is 181 Å². The first kappa shape index (κ1) is 21.2. The first-order valence-corrected chi connectivity index (χ1v) is 10.3. The van der Waals surface area contributed by atoms with Gasteiger partial charge < -0.3 is 10.4 Å². The smallest absolute Gasteiger partial charge is 0.221 e. The van der Waals surface area contributed by atoms with E-state index in [4.69, 9.17) is 23.2 Å². The summed E-state index contributed by atoms with van der Waals surface area (Å²) in [6.07, 6.45) is 0.940. The van der Waals surface area contributed by atoms with Gasteiger partial charge in [0.15, 0.2) is 0 Å². The molecule has 3 aromatic carbocycles. The quantitative estimate of drug-likeness (QED) is 0.487. The van der Waals surface area contributed by atoms with Crippen LogP contribution in [0.25, 0.3) is 0 Å². The highest BCUT2D eigenvalue weighted by atomic mass is 35.5. The third-order valence-corrected chi connectivity index (χ3v) is 5.65. The molecule has 0 spiro atoms. The minimum absolute atomic E-state index is 0.0104. The second-order valence-corrected chi connectivity index (χ2v) is 7.91. The maximum Gasteiger partial charge on any atom is 0.221 e. The number of nitrogens with one attached hydrogen (secondary N) is 1. The number of aromatic hydroxyl groups is 1. The van der Waals surface area contributed by atoms with E-state index in [2.05, 4.69) is 5.32 Å². The highest BCUT2D eigenvalue weighted by Crippen LogP contribution is 2.41. The van der Waals surface area contributed by atoms with E-state index in [1.807, 2.05) is 67.6 Å². The van der Waals surface area contributed by atoms with Gasteiger partial charge in [0.05, 0.1) is 5.02 Å². The minimum atomic E-state index is -0.338. The number of phenols is 1. The van der Waals surface area contributed by atoms with Crippen molar-refractivity contribution in [2.75, 3.05) is 0 Å². The molecule has 0 heterocycles. The molecule has 3 rings (SSSR count). The molecule has 0 aliphatic heterocycles. The van der Waals surface area contributed by atoms with Crippen molar-refractivity contribution in [2.45, 2.75) is 31.7 Å². The van der Waals surface area contributed by atoms with Crippen molar-refractivity contribution in [3.05, 3.63) is 99.5 Å². The van der Waals surface area contributed by atoms with Gasteiger partial charge in [0.2, 0.25) is 5.91 Å². The Morgan fingerprint density at radius 2 is 1.59 bits per heavy atom. The standard InChI is InChI=1S/C24H23Cl2NO2/c1-16(14-17-8-4-2-5-9-17)27-22(28)15-20(18-10-6-3-7-11-18)19-12-13-21(25)23(26)24(19)29/h2-13,16,20,29H,14-15H2,1H3,(H,27,28)/t16-,20+/m1/s1. The number of amides is 1. The summed E-state index contributed by atoms with van der Waals surface area (Å²) in [6, 6.07) is 23.0. The number of carbonyl (C=O) groups is 1. The molecule has 0 unspecified atom stereocenters. The molecule has 29 heavy (non-hydrogen) atoms. The van der Waals surface area contributed by atoms with Crippen LogP contribution in [0.2, 0.25) is 10.0 Å². The van der Waals surface area contributed by atoms with Gasteiger partial charge >= 0.3 is 0 Å². The molecule has 0 fully saturated rings. The van der Waals surface area contributed by atoms with Crippen LogP contribution in [0.5, 0.6) is 5.75 Å². The second kappa shape index (κ2) is 9.82. The summed E-state index contributed by atoms with van der Waals surface area (Å²) in [4.78, 5) is 12.8. The van der Waals surface area contributed by atoms with Crippen LogP contribution in [0, 0.1) is 0 Å². The Morgan fingerprint density at radius 3 is 2.24 bits per heavy atom. The van der Waals surface area contributed by atoms with E-state index < -0.39 is 0 Å². The van der Waals surface area contributed by atoms with E-state index in [1.165, 1.54) is 5.56 Å². The van der Waals surface area contributed by atoms with Crippen LogP contribution >= 0.6 is 23.2 Å². The molecule has 2 N–H and O–H groups in total. The summed E-state index contributed by atoms with van der Waals surface area (Å²) in [5.74, 6) is -0.513. The average molecular weight is 428 g/mol. The molecule has 0 saturated heterocycles. The van der Waals surface area contributed by atoms with E-state index >= 15 is 0 Å². The molecule has 0 aliphatic carbocycles. The van der Waals surface area contributed by atoms with Gasteiger partial charge in [0, 0.05) is 23.9 Å². The van der Waals surface area contributed by atoms with Crippen molar-refractivity contribution in [1.29, 1.82) is 0 Å². The van der Waals surface area contributed by atoms with Gasteiger partial charge in [-0.25, -0.2) is 0 Å². The summed E-state index contributed by atoms with van der Waals surface area (Å²) in [6.45, 7) is 1.99. The van der Waals surface area contributed by atoms with E-state index in [-0.39, 0.29) is 40.1 Å². The highest BCUT2D eigenvalue weighted by molar-refractivity contribution is 6.43. The van der Waals surface area contributed by atoms with Crippen molar-refractivity contribution in [3.63, 3.8) is 0 Å². The largest absolute Gasteiger partial charge is 0.506 e. The lowest BCUT2D eigenvalue weighted by molar-refractivity contribution is -0.121. The molecule has 3 nitrogen and oxygen atoms in total. The average Bonchev–Trinajstić information content (AvgIpc) is 2.72. The van der Waals surface area contributed by atoms with Gasteiger partial charge in [-0.05, 0) is 30.5 Å². The lowest BCUT2D eigenvalue weighted by atomic mass is 9.87. The summed E-state index contributed by atoms with van der Waals surface area (Å²) < 4.78 is 0. The number of halogens is 2. The van der Waals surface area contributed by atoms with Crippen LogP contribution in [0.3, 0.4) is 0 Å². The minimum Gasteiger partial charge on any atom is -0.506 e.